The number of nitrogens with two attached hydrogens (primary N) is 2. The van der Waals surface area contributed by atoms with Crippen LogP contribution in [0.1, 0.15) is 41.2 Å². The highest BCUT2D eigenvalue weighted by molar-refractivity contribution is 5.82. The predicted octanol–water partition coefficient (Wildman–Crippen LogP) is 2.74. The van der Waals surface area contributed by atoms with Gasteiger partial charge in [-0.25, -0.2) is 4.98 Å². The lowest BCUT2D eigenvalue weighted by atomic mass is 9.89. The summed E-state index contributed by atoms with van der Waals surface area (Å²) in [4.78, 5) is 16.3. The lowest BCUT2D eigenvalue weighted by Gasteiger charge is -2.19. The van der Waals surface area contributed by atoms with Crippen molar-refractivity contribution in [1.29, 1.82) is 0 Å². The van der Waals surface area contributed by atoms with Crippen LogP contribution >= 0.6 is 0 Å². The Hall–Kier alpha value is -3.42. The molecule has 6 N–H and O–H groups in total. The third-order valence-corrected chi connectivity index (χ3v) is 5.71. The van der Waals surface area contributed by atoms with Gasteiger partial charge in [-0.2, -0.15) is 0 Å². The Morgan fingerprint density at radius 3 is 2.58 bits per heavy atom. The number of nitrogens with one attached hydrogen (secondary N) is 1. The van der Waals surface area contributed by atoms with Crippen molar-refractivity contribution in [2.24, 2.45) is 5.73 Å². The number of aliphatic hydroxyl groups excluding tert-OH is 1. The summed E-state index contributed by atoms with van der Waals surface area (Å²) in [5.41, 5.74) is 15.0. The predicted molar refractivity (Wildman–Crippen MR) is 130 cm³/mol. The van der Waals surface area contributed by atoms with Gasteiger partial charge < -0.3 is 26.6 Å². The number of pyridine rings is 1. The second-order valence-electron chi connectivity index (χ2n) is 8.26. The first-order chi connectivity index (χ1) is 15.9. The summed E-state index contributed by atoms with van der Waals surface area (Å²) in [6, 6.07) is 19.2. The van der Waals surface area contributed by atoms with Crippen molar-refractivity contribution in [3.8, 4) is 5.75 Å². The van der Waals surface area contributed by atoms with Crippen LogP contribution in [0.2, 0.25) is 0 Å². The number of carbonyl (C=O) groups is 1. The number of benzene rings is 2. The van der Waals surface area contributed by atoms with Gasteiger partial charge >= 0.3 is 0 Å². The third-order valence-electron chi connectivity index (χ3n) is 5.71. The molecule has 0 fully saturated rings. The van der Waals surface area contributed by atoms with E-state index in [4.69, 9.17) is 16.2 Å². The van der Waals surface area contributed by atoms with E-state index in [1.165, 1.54) is 0 Å². The molecule has 1 aromatic heterocycles. The number of nitrogen functional groups attached to an aromatic ring is 1. The minimum Gasteiger partial charge on any atom is -0.496 e. The zero-order valence-corrected chi connectivity index (χ0v) is 19.1. The minimum atomic E-state index is -0.674. The van der Waals surface area contributed by atoms with E-state index in [0.29, 0.717) is 24.3 Å². The van der Waals surface area contributed by atoms with E-state index in [2.05, 4.69) is 17.2 Å². The minimum absolute atomic E-state index is 0.109. The van der Waals surface area contributed by atoms with Gasteiger partial charge in [0.15, 0.2) is 0 Å². The number of ether oxygens (including phenoxy) is 1. The molecule has 1 heterocycles. The van der Waals surface area contributed by atoms with Gasteiger partial charge in [-0.15, -0.1) is 0 Å². The number of para-hydroxylation sites is 1. The fourth-order valence-electron chi connectivity index (χ4n) is 3.88. The molecule has 0 radical (unpaired) electrons. The molecule has 3 rings (SSSR count). The van der Waals surface area contributed by atoms with Gasteiger partial charge in [0, 0.05) is 24.3 Å². The molecule has 0 aliphatic rings. The van der Waals surface area contributed by atoms with Crippen LogP contribution in [-0.4, -0.2) is 35.7 Å². The number of primary amides is 1. The normalized spacial score (nSPS) is 13.8. The Labute approximate surface area is 194 Å². The highest BCUT2D eigenvalue weighted by atomic mass is 16.5. The van der Waals surface area contributed by atoms with Gasteiger partial charge in [0.05, 0.1) is 19.1 Å². The molecule has 0 saturated carbocycles. The number of methoxy groups -OCH3 is 1. The van der Waals surface area contributed by atoms with Crippen LogP contribution in [0, 0.1) is 0 Å². The molecule has 3 aromatic rings. The van der Waals surface area contributed by atoms with Crippen molar-refractivity contribution >= 4 is 11.7 Å². The summed E-state index contributed by atoms with van der Waals surface area (Å²) in [6.07, 6.45) is 2.12. The molecule has 0 saturated heterocycles. The molecule has 0 spiro atoms. The van der Waals surface area contributed by atoms with Crippen molar-refractivity contribution in [3.05, 3.63) is 89.1 Å². The van der Waals surface area contributed by atoms with E-state index in [1.807, 2.05) is 48.5 Å². The summed E-state index contributed by atoms with van der Waals surface area (Å²) in [6.45, 7) is 2.45. The average Bonchev–Trinajstić information content (AvgIpc) is 2.81. The fourth-order valence-corrected chi connectivity index (χ4v) is 3.88. The van der Waals surface area contributed by atoms with Crippen molar-refractivity contribution in [3.63, 3.8) is 0 Å². The second-order valence-corrected chi connectivity index (χ2v) is 8.26. The SMILES string of the molecule is COc1ccccc1CC(C(N)=O)c1cccc(C[C@@H](C)NC[C@H](O)c2ccc(N)nc2)c1. The largest absolute Gasteiger partial charge is 0.496 e. The second kappa shape index (κ2) is 11.4. The Bertz CT molecular complexity index is 1060. The Balaban J connectivity index is 1.64. The smallest absolute Gasteiger partial charge is 0.225 e. The lowest BCUT2D eigenvalue weighted by molar-refractivity contribution is -0.119. The van der Waals surface area contributed by atoms with Gasteiger partial charge in [0.2, 0.25) is 5.91 Å². The molecule has 3 atom stereocenters. The molecule has 7 nitrogen and oxygen atoms in total. The van der Waals surface area contributed by atoms with Crippen LogP contribution in [0.25, 0.3) is 0 Å². The maximum Gasteiger partial charge on any atom is 0.225 e. The Kier molecular flexibility index (Phi) is 8.40. The first-order valence-corrected chi connectivity index (χ1v) is 11.0. The summed E-state index contributed by atoms with van der Waals surface area (Å²) in [7, 11) is 1.62. The molecule has 1 amide bonds. The number of anilines is 1. The molecule has 174 valence electrons. The van der Waals surface area contributed by atoms with Gasteiger partial charge in [-0.1, -0.05) is 48.5 Å². The molecule has 0 aliphatic heterocycles. The Morgan fingerprint density at radius 2 is 1.88 bits per heavy atom. The van der Waals surface area contributed by atoms with Crippen molar-refractivity contribution < 1.29 is 14.6 Å². The molecule has 1 unspecified atom stereocenters. The average molecular weight is 449 g/mol. The summed E-state index contributed by atoms with van der Waals surface area (Å²) in [5, 5.41) is 13.7. The number of carbonyl (C=O) groups excluding carboxylic acids is 1. The van der Waals surface area contributed by atoms with Gasteiger partial charge in [-0.05, 0) is 48.6 Å². The van der Waals surface area contributed by atoms with E-state index < -0.39 is 12.0 Å². The topological polar surface area (TPSA) is 123 Å². The van der Waals surface area contributed by atoms with Crippen molar-refractivity contribution in [1.82, 2.24) is 10.3 Å². The molecule has 0 bridgehead atoms. The zero-order chi connectivity index (χ0) is 23.8. The molecule has 7 heteroatoms. The number of aliphatic hydroxyl groups is 1. The summed E-state index contributed by atoms with van der Waals surface area (Å²) >= 11 is 0. The molecule has 33 heavy (non-hydrogen) atoms. The van der Waals surface area contributed by atoms with Gasteiger partial charge in [0.25, 0.3) is 0 Å². The number of rotatable bonds is 11. The van der Waals surface area contributed by atoms with Crippen LogP contribution in [0.15, 0.2) is 66.9 Å². The third kappa shape index (κ3) is 6.78. The maximum atomic E-state index is 12.3. The number of nitrogens with zero attached hydrogens (tertiary/aromatic N) is 1. The summed E-state index contributed by atoms with van der Waals surface area (Å²) < 4.78 is 5.43. The standard InChI is InChI=1S/C26H32N4O3/c1-17(29-16-23(31)21-10-11-25(27)30-15-21)12-18-6-5-8-19(13-18)22(26(28)32)14-20-7-3-4-9-24(20)33-2/h3-11,13,15,17,22-23,29,31H,12,14,16H2,1-2H3,(H2,27,30)(H2,28,32)/t17-,22?,23+/m1/s1. The first kappa shape index (κ1) is 24.2. The van der Waals surface area contributed by atoms with E-state index in [1.54, 1.807) is 25.4 Å². The number of hydrogen-bond acceptors (Lipinski definition) is 6. The van der Waals surface area contributed by atoms with Gasteiger partial charge in [0.1, 0.15) is 11.6 Å². The van der Waals surface area contributed by atoms with Crippen molar-refractivity contribution in [2.75, 3.05) is 19.4 Å². The number of amides is 1. The zero-order valence-electron chi connectivity index (χ0n) is 19.1. The monoisotopic (exact) mass is 448 g/mol. The van der Waals surface area contributed by atoms with Gasteiger partial charge in [-0.3, -0.25) is 4.79 Å². The quantitative estimate of drug-likeness (QED) is 0.358. The number of aromatic nitrogens is 1. The van der Waals surface area contributed by atoms with Crippen LogP contribution in [0.5, 0.6) is 5.75 Å². The highest BCUT2D eigenvalue weighted by Gasteiger charge is 2.21. The van der Waals surface area contributed by atoms with Crippen LogP contribution in [-0.2, 0) is 17.6 Å². The molecular formula is C26H32N4O3. The molecule has 0 aliphatic carbocycles. The van der Waals surface area contributed by atoms with E-state index in [0.717, 1.165) is 28.9 Å². The fraction of sp³-hybridized carbons (Fsp3) is 0.308. The summed E-state index contributed by atoms with van der Waals surface area (Å²) in [5.74, 6) is 0.341. The van der Waals surface area contributed by atoms with E-state index in [9.17, 15) is 9.90 Å². The molecule has 2 aromatic carbocycles. The highest BCUT2D eigenvalue weighted by Crippen LogP contribution is 2.27. The van der Waals surface area contributed by atoms with Crippen molar-refractivity contribution in [2.45, 2.75) is 37.8 Å². The van der Waals surface area contributed by atoms with Crippen LogP contribution in [0.3, 0.4) is 0 Å². The first-order valence-electron chi connectivity index (χ1n) is 11.0. The number of hydrogen-bond donors (Lipinski definition) is 4. The van der Waals surface area contributed by atoms with E-state index in [-0.39, 0.29) is 11.9 Å². The van der Waals surface area contributed by atoms with E-state index >= 15 is 0 Å². The lowest BCUT2D eigenvalue weighted by Crippen LogP contribution is -2.32. The van der Waals surface area contributed by atoms with Crippen LogP contribution in [0.4, 0.5) is 5.82 Å². The Morgan fingerprint density at radius 1 is 1.09 bits per heavy atom. The maximum absolute atomic E-state index is 12.3. The molecular weight excluding hydrogens is 416 g/mol. The van der Waals surface area contributed by atoms with Crippen LogP contribution < -0.4 is 21.5 Å².